The van der Waals surface area contributed by atoms with Crippen molar-refractivity contribution in [3.8, 4) is 6.26 Å². The first-order valence-electron chi connectivity index (χ1n) is 3.09. The van der Waals surface area contributed by atoms with Gasteiger partial charge in [0.1, 0.15) is 0 Å². The lowest BCUT2D eigenvalue weighted by Gasteiger charge is -2.05. The van der Waals surface area contributed by atoms with Gasteiger partial charge in [-0.1, -0.05) is 27.7 Å². The van der Waals surface area contributed by atoms with Crippen LogP contribution in [0.4, 0.5) is 0 Å². The van der Waals surface area contributed by atoms with Gasteiger partial charge in [-0.05, 0) is 11.8 Å². The van der Waals surface area contributed by atoms with Gasteiger partial charge in [0.25, 0.3) is 6.26 Å². The van der Waals surface area contributed by atoms with Crippen LogP contribution in [-0.2, 0) is 0 Å². The van der Waals surface area contributed by atoms with Gasteiger partial charge >= 0.3 is 0 Å². The summed E-state index contributed by atoms with van der Waals surface area (Å²) in [6.07, 6.45) is 0.750. The van der Waals surface area contributed by atoms with Crippen molar-refractivity contribution in [1.82, 2.24) is 0 Å². The molecule has 54 valence electrons. The number of nitriles is 1. The molecule has 0 aliphatic heterocycles. The van der Waals surface area contributed by atoms with Gasteiger partial charge in [0.15, 0.2) is 0 Å². The molecule has 2 heteroatoms. The summed E-state index contributed by atoms with van der Waals surface area (Å²) < 4.78 is 0. The highest BCUT2D eigenvalue weighted by Gasteiger charge is 1.95. The standard InChI is InChI=1S/C6H14.CHNO/c1-5(2)6(3)4;2-1-3/h5-6H,1-4H3;3H. The molecule has 0 fully saturated rings. The van der Waals surface area contributed by atoms with E-state index in [1.807, 2.05) is 0 Å². The second-order valence-corrected chi connectivity index (χ2v) is 2.59. The Labute approximate surface area is 57.1 Å². The van der Waals surface area contributed by atoms with Gasteiger partial charge in [0.05, 0.1) is 0 Å². The van der Waals surface area contributed by atoms with E-state index in [0.29, 0.717) is 0 Å². The minimum Gasteiger partial charge on any atom is -0.443 e. The van der Waals surface area contributed by atoms with Crippen LogP contribution in [0.2, 0.25) is 0 Å². The molecule has 0 aliphatic rings. The third kappa shape index (κ3) is 18.8. The van der Waals surface area contributed by atoms with E-state index in [4.69, 9.17) is 10.4 Å². The van der Waals surface area contributed by atoms with Crippen LogP contribution in [0.1, 0.15) is 27.7 Å². The van der Waals surface area contributed by atoms with Crippen LogP contribution >= 0.6 is 0 Å². The zero-order chi connectivity index (χ0) is 7.86. The van der Waals surface area contributed by atoms with E-state index in [-0.39, 0.29) is 0 Å². The van der Waals surface area contributed by atoms with Gasteiger partial charge < -0.3 is 5.11 Å². The van der Waals surface area contributed by atoms with E-state index < -0.39 is 0 Å². The van der Waals surface area contributed by atoms with E-state index >= 15 is 0 Å². The van der Waals surface area contributed by atoms with E-state index in [2.05, 4.69) is 27.7 Å². The SMILES string of the molecule is CC(C)C(C)C.N#CO. The Bertz CT molecular complexity index is 75.4. The first-order chi connectivity index (χ1) is 4.06. The molecule has 0 saturated heterocycles. The molecule has 0 heterocycles. The molecule has 0 aliphatic carbocycles. The average Bonchev–Trinajstić information content (AvgIpc) is 1.68. The van der Waals surface area contributed by atoms with E-state index in [1.54, 1.807) is 0 Å². The smallest absolute Gasteiger partial charge is 0.283 e. The number of hydrogen-bond donors (Lipinski definition) is 1. The normalized spacial score (nSPS) is 8.11. The molecule has 0 spiro atoms. The fraction of sp³-hybridized carbons (Fsp3) is 0.857. The molecule has 0 atom stereocenters. The largest absolute Gasteiger partial charge is 0.443 e. The Hall–Kier alpha value is -0.710. The lowest BCUT2D eigenvalue weighted by molar-refractivity contribution is 0.457. The summed E-state index contributed by atoms with van der Waals surface area (Å²) in [7, 11) is 0. The van der Waals surface area contributed by atoms with Gasteiger partial charge in [0.2, 0.25) is 0 Å². The highest BCUT2D eigenvalue weighted by molar-refractivity contribution is 4.46. The lowest BCUT2D eigenvalue weighted by atomic mass is 10.0. The number of aliphatic hydroxyl groups excluding tert-OH is 1. The van der Waals surface area contributed by atoms with Crippen molar-refractivity contribution >= 4 is 0 Å². The van der Waals surface area contributed by atoms with Crippen LogP contribution in [-0.4, -0.2) is 5.11 Å². The topological polar surface area (TPSA) is 44.0 Å². The molecule has 2 nitrogen and oxygen atoms in total. The molecule has 0 aromatic heterocycles. The first kappa shape index (κ1) is 11.1. The van der Waals surface area contributed by atoms with Gasteiger partial charge in [-0.25, -0.2) is 0 Å². The van der Waals surface area contributed by atoms with Crippen molar-refractivity contribution < 1.29 is 5.11 Å². The minimum atomic E-state index is 0.750. The fourth-order valence-electron chi connectivity index (χ4n) is 0. The number of aliphatic hydroxyl groups is 1. The van der Waals surface area contributed by atoms with Crippen LogP contribution in [0.15, 0.2) is 0 Å². The Morgan fingerprint density at radius 2 is 1.22 bits per heavy atom. The van der Waals surface area contributed by atoms with Gasteiger partial charge in [0, 0.05) is 0 Å². The molecular weight excluding hydrogens is 114 g/mol. The lowest BCUT2D eigenvalue weighted by Crippen LogP contribution is -1.95. The molecule has 0 aromatic carbocycles. The molecule has 0 amide bonds. The van der Waals surface area contributed by atoms with Crippen LogP contribution in [0.25, 0.3) is 0 Å². The summed E-state index contributed by atoms with van der Waals surface area (Å²) in [6, 6.07) is 0. The van der Waals surface area contributed by atoms with Gasteiger partial charge in [-0.2, -0.15) is 5.26 Å². The second-order valence-electron chi connectivity index (χ2n) is 2.59. The maximum absolute atomic E-state index is 6.88. The predicted molar refractivity (Wildman–Crippen MR) is 37.2 cm³/mol. The quantitative estimate of drug-likeness (QED) is 0.551. The monoisotopic (exact) mass is 129 g/mol. The van der Waals surface area contributed by atoms with Crippen molar-refractivity contribution in [3.05, 3.63) is 0 Å². The van der Waals surface area contributed by atoms with Crippen molar-refractivity contribution in [2.45, 2.75) is 27.7 Å². The molecule has 0 unspecified atom stereocenters. The average molecular weight is 129 g/mol. The molecule has 0 radical (unpaired) electrons. The summed E-state index contributed by atoms with van der Waals surface area (Å²) in [5.41, 5.74) is 0. The van der Waals surface area contributed by atoms with Crippen LogP contribution in [0.3, 0.4) is 0 Å². The molecular formula is C7H15NO. The molecule has 9 heavy (non-hydrogen) atoms. The van der Waals surface area contributed by atoms with Crippen molar-refractivity contribution in [2.75, 3.05) is 0 Å². The molecule has 1 N–H and O–H groups in total. The maximum Gasteiger partial charge on any atom is 0.283 e. The van der Waals surface area contributed by atoms with Crippen LogP contribution in [0.5, 0.6) is 0 Å². The van der Waals surface area contributed by atoms with Crippen molar-refractivity contribution in [1.29, 1.82) is 5.26 Å². The summed E-state index contributed by atoms with van der Waals surface area (Å²) >= 11 is 0. The number of nitrogens with zero attached hydrogens (tertiary/aromatic N) is 1. The molecule has 0 saturated carbocycles. The van der Waals surface area contributed by atoms with Gasteiger partial charge in [-0.15, -0.1) is 0 Å². The van der Waals surface area contributed by atoms with Gasteiger partial charge in [-0.3, -0.25) is 0 Å². The van der Waals surface area contributed by atoms with E-state index in [1.165, 1.54) is 0 Å². The summed E-state index contributed by atoms with van der Waals surface area (Å²) in [5, 5.41) is 13.8. The van der Waals surface area contributed by atoms with Crippen molar-refractivity contribution in [2.24, 2.45) is 11.8 Å². The Balaban J connectivity index is 0. The third-order valence-corrected chi connectivity index (χ3v) is 1.33. The van der Waals surface area contributed by atoms with Crippen LogP contribution < -0.4 is 0 Å². The molecule has 0 bridgehead atoms. The fourth-order valence-corrected chi connectivity index (χ4v) is 0. The highest BCUT2D eigenvalue weighted by atomic mass is 16.2. The minimum absolute atomic E-state index is 0.750. The third-order valence-electron chi connectivity index (χ3n) is 1.33. The zero-order valence-electron chi connectivity index (χ0n) is 6.55. The molecule has 0 rings (SSSR count). The van der Waals surface area contributed by atoms with Crippen LogP contribution in [0, 0.1) is 23.4 Å². The predicted octanol–water partition coefficient (Wildman–Crippen LogP) is 2.14. The first-order valence-corrected chi connectivity index (χ1v) is 3.09. The van der Waals surface area contributed by atoms with Crippen molar-refractivity contribution in [3.63, 3.8) is 0 Å². The number of rotatable bonds is 1. The van der Waals surface area contributed by atoms with E-state index in [9.17, 15) is 0 Å². The maximum atomic E-state index is 6.88. The highest BCUT2D eigenvalue weighted by Crippen LogP contribution is 2.05. The Kier molecular flexibility index (Phi) is 9.02. The zero-order valence-corrected chi connectivity index (χ0v) is 6.55. The Morgan fingerprint density at radius 1 is 1.11 bits per heavy atom. The summed E-state index contributed by atoms with van der Waals surface area (Å²) in [6.45, 7) is 8.96. The second kappa shape index (κ2) is 7.29. The summed E-state index contributed by atoms with van der Waals surface area (Å²) in [5.74, 6) is 1.70. The summed E-state index contributed by atoms with van der Waals surface area (Å²) in [4.78, 5) is 0. The number of hydrogen-bond acceptors (Lipinski definition) is 2. The molecule has 0 aromatic rings. The Morgan fingerprint density at radius 3 is 1.22 bits per heavy atom. The van der Waals surface area contributed by atoms with E-state index in [0.717, 1.165) is 18.1 Å².